The van der Waals surface area contributed by atoms with Gasteiger partial charge in [-0.3, -0.25) is 9.59 Å². The monoisotopic (exact) mass is 290 g/mol. The number of rotatable bonds is 4. The summed E-state index contributed by atoms with van der Waals surface area (Å²) in [5.41, 5.74) is 0. The Kier molecular flexibility index (Phi) is 5.80. The fraction of sp³-hybridized carbons (Fsp3) is 0.818. The van der Waals surface area contributed by atoms with Gasteiger partial charge in [-0.2, -0.15) is 0 Å². The van der Waals surface area contributed by atoms with Crippen LogP contribution in [0.4, 0.5) is 0 Å². The molecule has 0 radical (unpaired) electrons. The average Bonchev–Trinajstić information content (AvgIpc) is 2.29. The van der Waals surface area contributed by atoms with E-state index in [-0.39, 0.29) is 11.8 Å². The largest absolute Gasteiger partial charge is 0.345 e. The second-order valence-corrected chi connectivity index (χ2v) is 4.91. The molecule has 4 nitrogen and oxygen atoms in total. The first kappa shape index (κ1) is 13.5. The second kappa shape index (κ2) is 6.89. The minimum Gasteiger partial charge on any atom is -0.345 e. The van der Waals surface area contributed by atoms with Crippen molar-refractivity contribution in [1.29, 1.82) is 0 Å². The van der Waals surface area contributed by atoms with Crippen LogP contribution in [0.2, 0.25) is 0 Å². The van der Waals surface area contributed by atoms with Crippen LogP contribution in [0.25, 0.3) is 0 Å². The van der Waals surface area contributed by atoms with Gasteiger partial charge in [-0.1, -0.05) is 15.9 Å². The average molecular weight is 291 g/mol. The van der Waals surface area contributed by atoms with E-state index in [2.05, 4.69) is 21.2 Å². The molecule has 1 rings (SSSR count). The molecule has 0 bridgehead atoms. The number of halogens is 1. The molecule has 0 aromatic carbocycles. The summed E-state index contributed by atoms with van der Waals surface area (Å²) >= 11 is 3.20. The third-order valence-electron chi connectivity index (χ3n) is 2.74. The van der Waals surface area contributed by atoms with Crippen molar-refractivity contribution < 1.29 is 9.59 Å². The van der Waals surface area contributed by atoms with Gasteiger partial charge in [-0.15, -0.1) is 0 Å². The number of alkyl halides is 1. The highest BCUT2D eigenvalue weighted by Crippen LogP contribution is 2.09. The number of carbonyl (C=O) groups excluding carboxylic acids is 2. The highest BCUT2D eigenvalue weighted by Gasteiger charge is 2.22. The first-order chi connectivity index (χ1) is 7.65. The fourth-order valence-corrected chi connectivity index (χ4v) is 2.21. The van der Waals surface area contributed by atoms with E-state index in [1.807, 2.05) is 4.90 Å². The Morgan fingerprint density at radius 1 is 1.31 bits per heavy atom. The standard InChI is InChI=1S/C11H19BrN2O2/c1-9(13-10(15)5-6-12)11(16)14-7-3-2-4-8-14/h9H,2-8H2,1H3,(H,13,15). The van der Waals surface area contributed by atoms with Crippen molar-refractivity contribution in [2.24, 2.45) is 0 Å². The molecule has 1 heterocycles. The molecule has 5 heteroatoms. The zero-order chi connectivity index (χ0) is 12.0. The van der Waals surface area contributed by atoms with Gasteiger partial charge >= 0.3 is 0 Å². The number of piperidine rings is 1. The van der Waals surface area contributed by atoms with Crippen LogP contribution in [0, 0.1) is 0 Å². The van der Waals surface area contributed by atoms with Crippen LogP contribution < -0.4 is 5.32 Å². The molecule has 0 aromatic rings. The lowest BCUT2D eigenvalue weighted by Crippen LogP contribution is -2.48. The molecule has 1 fully saturated rings. The van der Waals surface area contributed by atoms with Crippen LogP contribution in [0.5, 0.6) is 0 Å². The third-order valence-corrected chi connectivity index (χ3v) is 3.13. The van der Waals surface area contributed by atoms with Crippen molar-refractivity contribution >= 4 is 27.7 Å². The van der Waals surface area contributed by atoms with Crippen molar-refractivity contribution in [3.05, 3.63) is 0 Å². The van der Waals surface area contributed by atoms with E-state index in [1.165, 1.54) is 6.42 Å². The van der Waals surface area contributed by atoms with Crippen LogP contribution in [0.1, 0.15) is 32.6 Å². The molecule has 0 spiro atoms. The first-order valence-electron chi connectivity index (χ1n) is 5.79. The lowest BCUT2D eigenvalue weighted by Gasteiger charge is -2.29. The van der Waals surface area contributed by atoms with Crippen molar-refractivity contribution in [3.63, 3.8) is 0 Å². The molecule has 1 atom stereocenters. The number of likely N-dealkylation sites (tertiary alicyclic amines) is 1. The van der Waals surface area contributed by atoms with Crippen LogP contribution in [0.15, 0.2) is 0 Å². The van der Waals surface area contributed by atoms with Crippen LogP contribution in [-0.2, 0) is 9.59 Å². The number of nitrogens with zero attached hydrogens (tertiary/aromatic N) is 1. The van der Waals surface area contributed by atoms with Gasteiger partial charge in [0, 0.05) is 24.8 Å². The number of nitrogens with one attached hydrogen (secondary N) is 1. The number of hydrogen-bond donors (Lipinski definition) is 1. The molecular formula is C11H19BrN2O2. The smallest absolute Gasteiger partial charge is 0.244 e. The number of amides is 2. The predicted molar refractivity (Wildman–Crippen MR) is 66.4 cm³/mol. The number of hydrogen-bond acceptors (Lipinski definition) is 2. The predicted octanol–water partition coefficient (Wildman–Crippen LogP) is 1.29. The summed E-state index contributed by atoms with van der Waals surface area (Å²) in [6.07, 6.45) is 3.77. The Balaban J connectivity index is 2.37. The van der Waals surface area contributed by atoms with Gasteiger partial charge in [-0.25, -0.2) is 0 Å². The molecular weight excluding hydrogens is 272 g/mol. The summed E-state index contributed by atoms with van der Waals surface area (Å²) in [5, 5.41) is 3.35. The van der Waals surface area contributed by atoms with Crippen molar-refractivity contribution in [1.82, 2.24) is 10.2 Å². The summed E-state index contributed by atoms with van der Waals surface area (Å²) in [5.74, 6) is -0.0302. The topological polar surface area (TPSA) is 49.4 Å². The lowest BCUT2D eigenvalue weighted by atomic mass is 10.1. The lowest BCUT2D eigenvalue weighted by molar-refractivity contribution is -0.136. The first-order valence-corrected chi connectivity index (χ1v) is 6.91. The molecule has 2 amide bonds. The van der Waals surface area contributed by atoms with E-state index in [9.17, 15) is 9.59 Å². The van der Waals surface area contributed by atoms with Gasteiger partial charge in [0.15, 0.2) is 0 Å². The quantitative estimate of drug-likeness (QED) is 0.793. The van der Waals surface area contributed by atoms with E-state index >= 15 is 0 Å². The minimum absolute atomic E-state index is 0.0441. The van der Waals surface area contributed by atoms with Crippen LogP contribution in [0.3, 0.4) is 0 Å². The van der Waals surface area contributed by atoms with E-state index in [0.717, 1.165) is 25.9 Å². The molecule has 1 unspecified atom stereocenters. The Hall–Kier alpha value is -0.580. The summed E-state index contributed by atoms with van der Waals surface area (Å²) < 4.78 is 0. The van der Waals surface area contributed by atoms with Gasteiger partial charge < -0.3 is 10.2 Å². The van der Waals surface area contributed by atoms with Crippen LogP contribution in [-0.4, -0.2) is 41.2 Å². The van der Waals surface area contributed by atoms with Gasteiger partial charge in [0.2, 0.25) is 11.8 Å². The Bertz CT molecular complexity index is 252. The summed E-state index contributed by atoms with van der Waals surface area (Å²) in [4.78, 5) is 25.1. The van der Waals surface area contributed by atoms with Gasteiger partial charge in [0.05, 0.1) is 0 Å². The van der Waals surface area contributed by atoms with Gasteiger partial charge in [0.1, 0.15) is 6.04 Å². The maximum Gasteiger partial charge on any atom is 0.244 e. The fourth-order valence-electron chi connectivity index (χ4n) is 1.85. The summed E-state index contributed by atoms with van der Waals surface area (Å²) in [6, 6.07) is -0.398. The number of carbonyl (C=O) groups is 2. The van der Waals surface area contributed by atoms with E-state index in [0.29, 0.717) is 11.8 Å². The molecule has 0 saturated carbocycles. The minimum atomic E-state index is -0.398. The molecule has 1 aliphatic heterocycles. The van der Waals surface area contributed by atoms with Gasteiger partial charge in [-0.05, 0) is 26.2 Å². The summed E-state index contributed by atoms with van der Waals surface area (Å²) in [7, 11) is 0. The zero-order valence-corrected chi connectivity index (χ0v) is 11.3. The molecule has 1 N–H and O–H groups in total. The molecule has 92 valence electrons. The summed E-state index contributed by atoms with van der Waals surface area (Å²) in [6.45, 7) is 3.41. The normalized spacial score (nSPS) is 18.0. The maximum atomic E-state index is 11.9. The Morgan fingerprint density at radius 3 is 2.50 bits per heavy atom. The molecule has 16 heavy (non-hydrogen) atoms. The highest BCUT2D eigenvalue weighted by molar-refractivity contribution is 9.09. The Morgan fingerprint density at radius 2 is 1.94 bits per heavy atom. The maximum absolute atomic E-state index is 11.9. The van der Waals surface area contributed by atoms with E-state index in [1.54, 1.807) is 6.92 Å². The third kappa shape index (κ3) is 4.12. The van der Waals surface area contributed by atoms with Crippen molar-refractivity contribution in [3.8, 4) is 0 Å². The SMILES string of the molecule is CC(NC(=O)CCBr)C(=O)N1CCCCC1. The molecule has 0 aliphatic carbocycles. The molecule has 0 aromatic heterocycles. The Labute approximate surface area is 105 Å². The highest BCUT2D eigenvalue weighted by atomic mass is 79.9. The van der Waals surface area contributed by atoms with Gasteiger partial charge in [0.25, 0.3) is 0 Å². The van der Waals surface area contributed by atoms with E-state index in [4.69, 9.17) is 0 Å². The van der Waals surface area contributed by atoms with Crippen molar-refractivity contribution in [2.45, 2.75) is 38.6 Å². The van der Waals surface area contributed by atoms with Crippen LogP contribution >= 0.6 is 15.9 Å². The second-order valence-electron chi connectivity index (χ2n) is 4.11. The zero-order valence-electron chi connectivity index (χ0n) is 9.67. The molecule has 1 aliphatic rings. The van der Waals surface area contributed by atoms with Crippen molar-refractivity contribution in [2.75, 3.05) is 18.4 Å². The molecule has 1 saturated heterocycles. The van der Waals surface area contributed by atoms with E-state index < -0.39 is 6.04 Å².